The first kappa shape index (κ1) is 24.9. The summed E-state index contributed by atoms with van der Waals surface area (Å²) in [5.41, 5.74) is -4.21. The van der Waals surface area contributed by atoms with Crippen molar-refractivity contribution >= 4 is 11.2 Å². The lowest BCUT2D eigenvalue weighted by Gasteiger charge is -2.17. The lowest BCUT2D eigenvalue weighted by Crippen LogP contribution is -2.33. The van der Waals surface area contributed by atoms with Crippen LogP contribution in [0.25, 0.3) is 11.2 Å². The van der Waals surface area contributed by atoms with Gasteiger partial charge in [-0.2, -0.15) is 31.1 Å². The van der Waals surface area contributed by atoms with Crippen molar-refractivity contribution in [3.05, 3.63) is 53.0 Å². The molecular weight excluding hydrogens is 492 g/mol. The van der Waals surface area contributed by atoms with Crippen LogP contribution < -0.4 is 10.3 Å². The molecule has 190 valence electrons. The van der Waals surface area contributed by atoms with Gasteiger partial charge in [-0.25, -0.2) is 9.97 Å². The van der Waals surface area contributed by atoms with E-state index in [0.717, 1.165) is 12.7 Å². The zero-order valence-corrected chi connectivity index (χ0v) is 17.3. The van der Waals surface area contributed by atoms with E-state index in [2.05, 4.69) is 9.97 Å². The minimum atomic E-state index is -5.09. The van der Waals surface area contributed by atoms with E-state index < -0.39 is 72.3 Å². The maximum Gasteiger partial charge on any atom is 0.416 e. The zero-order valence-electron chi connectivity index (χ0n) is 17.3. The molecule has 0 radical (unpaired) electrons. The molecule has 0 aliphatic carbocycles. The van der Waals surface area contributed by atoms with Crippen LogP contribution in [-0.4, -0.2) is 59.5 Å². The van der Waals surface area contributed by atoms with Crippen molar-refractivity contribution in [2.24, 2.45) is 0 Å². The molecule has 4 N–H and O–H groups in total. The number of hydrogen-bond donors (Lipinski definition) is 4. The Morgan fingerprint density at radius 1 is 1.03 bits per heavy atom. The summed E-state index contributed by atoms with van der Waals surface area (Å²) in [6.07, 6.45) is -13.1. The summed E-state index contributed by atoms with van der Waals surface area (Å²) < 4.78 is 85.8. The number of aromatic nitrogens is 4. The van der Waals surface area contributed by atoms with Crippen molar-refractivity contribution in [1.29, 1.82) is 5.41 Å². The van der Waals surface area contributed by atoms with Crippen molar-refractivity contribution in [1.82, 2.24) is 19.3 Å². The predicted octanol–water partition coefficient (Wildman–Crippen LogP) is 0.990. The number of rotatable bonds is 5. The van der Waals surface area contributed by atoms with Crippen molar-refractivity contribution in [3.63, 3.8) is 0 Å². The molecule has 1 aliphatic heterocycles. The van der Waals surface area contributed by atoms with Crippen molar-refractivity contribution < 1.29 is 51.2 Å². The molecule has 2 aromatic heterocycles. The highest BCUT2D eigenvalue weighted by molar-refractivity contribution is 5.68. The van der Waals surface area contributed by atoms with E-state index in [0.29, 0.717) is 16.9 Å². The molecule has 0 amide bonds. The summed E-state index contributed by atoms with van der Waals surface area (Å²) in [5.74, 6) is 0. The fourth-order valence-electron chi connectivity index (χ4n) is 3.59. The third-order valence-corrected chi connectivity index (χ3v) is 5.39. The number of halogens is 6. The molecule has 3 aromatic rings. The monoisotopic (exact) mass is 509 g/mol. The summed E-state index contributed by atoms with van der Waals surface area (Å²) in [6.45, 7) is -1.41. The number of ether oxygens (including phenoxy) is 1. The Kier molecular flexibility index (Phi) is 6.25. The Bertz CT molecular complexity index is 1290. The van der Waals surface area contributed by atoms with Gasteiger partial charge in [-0.05, 0) is 12.1 Å². The fourth-order valence-corrected chi connectivity index (χ4v) is 3.59. The quantitative estimate of drug-likeness (QED) is 0.377. The van der Waals surface area contributed by atoms with Gasteiger partial charge in [0.25, 0.3) is 0 Å². The summed E-state index contributed by atoms with van der Waals surface area (Å²) >= 11 is 0. The molecule has 35 heavy (non-hydrogen) atoms. The lowest BCUT2D eigenvalue weighted by molar-refractivity contribution is -0.143. The number of nitrogens with zero attached hydrogens (tertiary/aromatic N) is 4. The number of benzene rings is 1. The van der Waals surface area contributed by atoms with Gasteiger partial charge in [-0.15, -0.1) is 0 Å². The number of hydrogen-bond acceptors (Lipinski definition) is 8. The highest BCUT2D eigenvalue weighted by atomic mass is 19.4. The molecule has 3 heterocycles. The van der Waals surface area contributed by atoms with Crippen LogP contribution in [-0.2, 0) is 23.7 Å². The SMILES string of the molecule is N=c1c2ncn([C@@H]3O[C@H](CO)[C@@H](O)[C@H]3O)c2ncn1OCc1ccc(C(F)(F)F)cc1C(F)(F)F. The van der Waals surface area contributed by atoms with Crippen LogP contribution in [0.15, 0.2) is 30.9 Å². The maximum atomic E-state index is 13.3. The largest absolute Gasteiger partial charge is 0.416 e. The Labute approximate surface area is 191 Å². The molecule has 1 aliphatic rings. The first-order valence-electron chi connectivity index (χ1n) is 9.84. The van der Waals surface area contributed by atoms with Gasteiger partial charge in [0.05, 0.1) is 24.1 Å². The average molecular weight is 509 g/mol. The number of fused-ring (bicyclic) bond motifs is 1. The number of nitrogens with one attached hydrogen (secondary N) is 1. The van der Waals surface area contributed by atoms with Crippen LogP contribution in [0, 0.1) is 5.41 Å². The van der Waals surface area contributed by atoms with E-state index in [1.807, 2.05) is 0 Å². The van der Waals surface area contributed by atoms with Crippen molar-refractivity contribution in [2.45, 2.75) is 43.5 Å². The van der Waals surface area contributed by atoms with Gasteiger partial charge in [0, 0.05) is 5.56 Å². The second-order valence-electron chi connectivity index (χ2n) is 7.61. The van der Waals surface area contributed by atoms with Crippen LogP contribution >= 0.6 is 0 Å². The van der Waals surface area contributed by atoms with Crippen LogP contribution in [0.3, 0.4) is 0 Å². The molecular formula is C19H17F6N5O5. The van der Waals surface area contributed by atoms with Crippen LogP contribution in [0.5, 0.6) is 0 Å². The van der Waals surface area contributed by atoms with E-state index in [-0.39, 0.29) is 17.2 Å². The van der Waals surface area contributed by atoms with Crippen LogP contribution in [0.2, 0.25) is 0 Å². The lowest BCUT2D eigenvalue weighted by atomic mass is 10.0. The second kappa shape index (κ2) is 8.78. The van der Waals surface area contributed by atoms with Gasteiger partial charge in [-0.3, -0.25) is 9.98 Å². The number of alkyl halides is 6. The molecule has 1 aromatic carbocycles. The Hall–Kier alpha value is -3.21. The third-order valence-electron chi connectivity index (χ3n) is 5.39. The number of imidazole rings is 1. The van der Waals surface area contributed by atoms with E-state index >= 15 is 0 Å². The fraction of sp³-hybridized carbons (Fsp3) is 0.421. The standard InChI is InChI=1S/C19H17F6N5O5/c20-18(21,22)9-2-1-8(10(3-9)19(23,24)25)5-34-30-7-28-16-12(15(30)26)27-6-29(16)17-14(33)13(32)11(4-31)35-17/h1-3,6-7,11,13-14,17,26,31-33H,4-5H2/t11-,13-,14-,17-/m1/s1. The maximum absolute atomic E-state index is 13.3. The van der Waals surface area contributed by atoms with E-state index in [9.17, 15) is 41.7 Å². The van der Waals surface area contributed by atoms with Gasteiger partial charge in [0.15, 0.2) is 22.9 Å². The van der Waals surface area contributed by atoms with Crippen LogP contribution in [0.4, 0.5) is 26.3 Å². The molecule has 10 nitrogen and oxygen atoms in total. The number of aliphatic hydroxyl groups excluding tert-OH is 3. The minimum absolute atomic E-state index is 0.00444. The van der Waals surface area contributed by atoms with Gasteiger partial charge in [0.1, 0.15) is 31.2 Å². The normalized spacial score (nSPS) is 23.2. The van der Waals surface area contributed by atoms with E-state index in [1.165, 1.54) is 4.57 Å². The second-order valence-corrected chi connectivity index (χ2v) is 7.61. The van der Waals surface area contributed by atoms with Crippen molar-refractivity contribution in [2.75, 3.05) is 6.61 Å². The van der Waals surface area contributed by atoms with E-state index in [4.69, 9.17) is 15.0 Å². The zero-order chi connectivity index (χ0) is 25.7. The first-order chi connectivity index (χ1) is 16.3. The van der Waals surface area contributed by atoms with Crippen LogP contribution in [0.1, 0.15) is 22.9 Å². The number of aliphatic hydroxyl groups is 3. The van der Waals surface area contributed by atoms with Gasteiger partial charge in [0.2, 0.25) is 0 Å². The average Bonchev–Trinajstić information content (AvgIpc) is 3.33. The molecule has 0 bridgehead atoms. The highest BCUT2D eigenvalue weighted by Gasteiger charge is 2.44. The molecule has 0 spiro atoms. The summed E-state index contributed by atoms with van der Waals surface area (Å²) in [7, 11) is 0. The Morgan fingerprint density at radius 2 is 1.74 bits per heavy atom. The van der Waals surface area contributed by atoms with Crippen molar-refractivity contribution in [3.8, 4) is 0 Å². The Balaban J connectivity index is 1.61. The predicted molar refractivity (Wildman–Crippen MR) is 101 cm³/mol. The van der Waals surface area contributed by atoms with E-state index in [1.54, 1.807) is 0 Å². The summed E-state index contributed by atoms with van der Waals surface area (Å²) in [6, 6.07) is 1.11. The molecule has 16 heteroatoms. The molecule has 1 saturated heterocycles. The molecule has 0 saturated carbocycles. The van der Waals surface area contributed by atoms with Gasteiger partial charge in [-0.1, -0.05) is 6.07 Å². The summed E-state index contributed by atoms with van der Waals surface area (Å²) in [4.78, 5) is 13.1. The first-order valence-corrected chi connectivity index (χ1v) is 9.84. The van der Waals surface area contributed by atoms with Gasteiger partial charge < -0.3 is 24.9 Å². The molecule has 0 unspecified atom stereocenters. The molecule has 4 rings (SSSR count). The highest BCUT2D eigenvalue weighted by Crippen LogP contribution is 2.37. The smallest absolute Gasteiger partial charge is 0.406 e. The Morgan fingerprint density at radius 3 is 2.34 bits per heavy atom. The molecule has 1 fully saturated rings. The topological polar surface area (TPSA) is 139 Å². The van der Waals surface area contributed by atoms with Gasteiger partial charge >= 0.3 is 12.4 Å². The minimum Gasteiger partial charge on any atom is -0.406 e. The molecule has 4 atom stereocenters. The third kappa shape index (κ3) is 4.56. The summed E-state index contributed by atoms with van der Waals surface area (Å²) in [5, 5.41) is 37.5.